The van der Waals surface area contributed by atoms with Gasteiger partial charge >= 0.3 is 8.93 Å². The van der Waals surface area contributed by atoms with Crippen molar-refractivity contribution in [2.75, 3.05) is 0 Å². The molecule has 10 heavy (non-hydrogen) atoms. The van der Waals surface area contributed by atoms with Crippen LogP contribution in [-0.2, 0) is 4.46 Å². The first-order valence-electron chi connectivity index (χ1n) is 3.63. The molecule has 0 spiro atoms. The van der Waals surface area contributed by atoms with Gasteiger partial charge in [-0.2, -0.15) is 0 Å². The van der Waals surface area contributed by atoms with Crippen LogP contribution in [0.25, 0.3) is 0 Å². The summed E-state index contributed by atoms with van der Waals surface area (Å²) in [5.74, 6) is 0. The lowest BCUT2D eigenvalue weighted by Crippen LogP contribution is -2.06. The molecule has 0 aromatic heterocycles. The zero-order valence-corrected chi connectivity index (χ0v) is 7.98. The Kier molecular flexibility index (Phi) is 3.79. The number of hydrogen-bond donors (Lipinski definition) is 1. The number of rotatable bonds is 3. The molecule has 0 aliphatic rings. The van der Waals surface area contributed by atoms with Gasteiger partial charge in [0.2, 0.25) is 0 Å². The third kappa shape index (κ3) is 7.82. The van der Waals surface area contributed by atoms with Crippen LogP contribution in [0.2, 0.25) is 6.04 Å². The molecule has 0 aromatic carbocycles. The summed E-state index contributed by atoms with van der Waals surface area (Å²) in [7, 11) is -2.21. The highest BCUT2D eigenvalue weighted by Gasteiger charge is 2.11. The van der Waals surface area contributed by atoms with Crippen LogP contribution >= 0.6 is 0 Å². The second kappa shape index (κ2) is 3.86. The summed E-state index contributed by atoms with van der Waals surface area (Å²) in [5, 5.41) is 0. The van der Waals surface area contributed by atoms with Crippen LogP contribution < -0.4 is 0 Å². The molecule has 2 nitrogen and oxygen atoms in total. The average Bonchev–Trinajstić information content (AvgIpc) is 1.59. The van der Waals surface area contributed by atoms with E-state index < -0.39 is 8.93 Å². The first kappa shape index (κ1) is 9.82. The van der Waals surface area contributed by atoms with Gasteiger partial charge in [-0.25, -0.2) is 0 Å². The Morgan fingerprint density at radius 3 is 2.20 bits per heavy atom. The lowest BCUT2D eigenvalue weighted by molar-refractivity contribution is 0.365. The summed E-state index contributed by atoms with van der Waals surface area (Å²) in [5.41, 5.74) is 0.303. The van der Waals surface area contributed by atoms with Gasteiger partial charge in [-0.3, -0.25) is 0 Å². The molecule has 60 valence electrons. The molecular formula is C7H16O2Si. The van der Waals surface area contributed by atoms with Gasteiger partial charge in [0, 0.05) is 6.04 Å². The molecule has 0 saturated heterocycles. The molecular weight excluding hydrogens is 144 g/mol. The minimum Gasteiger partial charge on any atom is -0.540 e. The highest BCUT2D eigenvalue weighted by Crippen LogP contribution is 2.21. The molecule has 0 atom stereocenters. The Balaban J connectivity index is 3.29. The normalized spacial score (nSPS) is 11.5. The van der Waals surface area contributed by atoms with E-state index in [4.69, 9.17) is 4.80 Å². The van der Waals surface area contributed by atoms with Crippen molar-refractivity contribution in [3.63, 3.8) is 0 Å². The maximum Gasteiger partial charge on any atom is 0.499 e. The minimum atomic E-state index is -2.21. The summed E-state index contributed by atoms with van der Waals surface area (Å²) in [6, 6.07) is 0.488. The van der Waals surface area contributed by atoms with E-state index in [1.807, 2.05) is 0 Å². The van der Waals surface area contributed by atoms with E-state index in [-0.39, 0.29) is 0 Å². The van der Waals surface area contributed by atoms with Crippen molar-refractivity contribution in [2.45, 2.75) is 39.7 Å². The number of hydrogen-bond acceptors (Lipinski definition) is 1. The van der Waals surface area contributed by atoms with Crippen LogP contribution in [0.5, 0.6) is 0 Å². The van der Waals surface area contributed by atoms with E-state index in [9.17, 15) is 4.46 Å². The highest BCUT2D eigenvalue weighted by molar-refractivity contribution is 6.32. The average molecular weight is 160 g/mol. The first-order valence-corrected chi connectivity index (χ1v) is 5.20. The zero-order chi connectivity index (χ0) is 8.20. The first-order chi connectivity index (χ1) is 4.42. The topological polar surface area (TPSA) is 37.3 Å². The van der Waals surface area contributed by atoms with Gasteiger partial charge < -0.3 is 9.26 Å². The van der Waals surface area contributed by atoms with E-state index in [0.29, 0.717) is 11.5 Å². The fraction of sp³-hybridized carbons (Fsp3) is 1.00. The Bertz CT molecular complexity index is 115. The fourth-order valence-electron chi connectivity index (χ4n) is 0.770. The third-order valence-electron chi connectivity index (χ3n) is 1.32. The summed E-state index contributed by atoms with van der Waals surface area (Å²) in [6.45, 7) is 6.42. The van der Waals surface area contributed by atoms with Crippen molar-refractivity contribution < 1.29 is 9.26 Å². The van der Waals surface area contributed by atoms with Crippen molar-refractivity contribution >= 4 is 8.93 Å². The molecule has 0 rings (SSSR count). The Labute approximate surface area is 64.1 Å². The van der Waals surface area contributed by atoms with Crippen LogP contribution in [0.4, 0.5) is 0 Å². The Hall–Kier alpha value is -0.183. The van der Waals surface area contributed by atoms with Crippen molar-refractivity contribution in [1.82, 2.24) is 0 Å². The van der Waals surface area contributed by atoms with Gasteiger partial charge in [-0.15, -0.1) is 0 Å². The summed E-state index contributed by atoms with van der Waals surface area (Å²) in [4.78, 5) is 8.50. The molecule has 0 heterocycles. The van der Waals surface area contributed by atoms with Crippen LogP contribution in [0, 0.1) is 5.41 Å². The van der Waals surface area contributed by atoms with E-state index in [2.05, 4.69) is 20.8 Å². The second-order valence-electron chi connectivity index (χ2n) is 3.81. The smallest absolute Gasteiger partial charge is 0.499 e. The molecule has 0 radical (unpaired) electrons. The molecule has 0 amide bonds. The van der Waals surface area contributed by atoms with Gasteiger partial charge in [0.25, 0.3) is 0 Å². The maximum absolute atomic E-state index is 10.3. The molecule has 0 aromatic rings. The summed E-state index contributed by atoms with van der Waals surface area (Å²) >= 11 is 0. The van der Waals surface area contributed by atoms with E-state index in [1.165, 1.54) is 0 Å². The molecule has 0 bridgehead atoms. The van der Waals surface area contributed by atoms with E-state index >= 15 is 0 Å². The fourth-order valence-corrected chi connectivity index (χ4v) is 1.25. The molecule has 3 heteroatoms. The van der Waals surface area contributed by atoms with Gasteiger partial charge in [-0.05, 0) is 18.3 Å². The standard InChI is InChI=1S/C7H16O2Si/c1-7(2,3)5-4-6-10(8)9/h8H,4-6H2,1-3H3. The van der Waals surface area contributed by atoms with E-state index in [0.717, 1.165) is 12.8 Å². The minimum absolute atomic E-state index is 0.303. The maximum atomic E-state index is 10.3. The second-order valence-corrected chi connectivity index (χ2v) is 5.10. The lowest BCUT2D eigenvalue weighted by Gasteiger charge is -2.16. The predicted octanol–water partition coefficient (Wildman–Crippen LogP) is 1.72. The van der Waals surface area contributed by atoms with Gasteiger partial charge in [0.05, 0.1) is 0 Å². The predicted molar refractivity (Wildman–Crippen MR) is 42.2 cm³/mol. The van der Waals surface area contributed by atoms with Crippen LogP contribution in [-0.4, -0.2) is 13.7 Å². The van der Waals surface area contributed by atoms with Crippen LogP contribution in [0.3, 0.4) is 0 Å². The molecule has 0 saturated carbocycles. The lowest BCUT2D eigenvalue weighted by atomic mass is 9.91. The van der Waals surface area contributed by atoms with Crippen molar-refractivity contribution in [2.24, 2.45) is 5.41 Å². The zero-order valence-electron chi connectivity index (χ0n) is 6.98. The quantitative estimate of drug-likeness (QED) is 0.638. The van der Waals surface area contributed by atoms with Crippen LogP contribution in [0.1, 0.15) is 33.6 Å². The van der Waals surface area contributed by atoms with Crippen molar-refractivity contribution in [1.29, 1.82) is 0 Å². The van der Waals surface area contributed by atoms with E-state index in [1.54, 1.807) is 0 Å². The largest absolute Gasteiger partial charge is 0.540 e. The summed E-state index contributed by atoms with van der Waals surface area (Å²) < 4.78 is 10.3. The Morgan fingerprint density at radius 1 is 1.40 bits per heavy atom. The van der Waals surface area contributed by atoms with Gasteiger partial charge in [-0.1, -0.05) is 20.8 Å². The molecule has 0 fully saturated rings. The monoisotopic (exact) mass is 160 g/mol. The third-order valence-corrected chi connectivity index (χ3v) is 2.10. The van der Waals surface area contributed by atoms with Crippen LogP contribution in [0.15, 0.2) is 0 Å². The molecule has 1 N–H and O–H groups in total. The molecule has 0 unspecified atom stereocenters. The molecule has 0 aliphatic heterocycles. The van der Waals surface area contributed by atoms with Crippen molar-refractivity contribution in [3.05, 3.63) is 0 Å². The van der Waals surface area contributed by atoms with Gasteiger partial charge in [0.1, 0.15) is 0 Å². The SMILES string of the molecule is CC(C)(C)CCC[Si](=O)O. The molecule has 0 aliphatic carbocycles. The highest BCUT2D eigenvalue weighted by atomic mass is 28.3. The summed E-state index contributed by atoms with van der Waals surface area (Å²) in [6.07, 6.45) is 1.90. The van der Waals surface area contributed by atoms with Gasteiger partial charge in [0.15, 0.2) is 0 Å². The van der Waals surface area contributed by atoms with Crippen molar-refractivity contribution in [3.8, 4) is 0 Å². The Morgan fingerprint density at radius 2 is 1.90 bits per heavy atom.